The van der Waals surface area contributed by atoms with Crippen molar-refractivity contribution in [3.8, 4) is 0 Å². The van der Waals surface area contributed by atoms with Crippen LogP contribution in [-0.4, -0.2) is 28.6 Å². The van der Waals surface area contributed by atoms with Gasteiger partial charge in [0.05, 0.1) is 6.42 Å². The van der Waals surface area contributed by atoms with Crippen LogP contribution in [0, 0.1) is 0 Å². The molecule has 0 atom stereocenters. The van der Waals surface area contributed by atoms with Gasteiger partial charge in [-0.05, 0) is 45.1 Å². The van der Waals surface area contributed by atoms with Gasteiger partial charge in [-0.2, -0.15) is 11.8 Å². The molecule has 0 unspecified atom stereocenters. The topological polar surface area (TPSA) is 52.3 Å². The maximum atomic E-state index is 11.6. The first kappa shape index (κ1) is 12.8. The second-order valence-electron chi connectivity index (χ2n) is 5.24. The molecule has 0 aromatic rings. The third kappa shape index (κ3) is 4.89. The Morgan fingerprint density at radius 2 is 1.93 bits per heavy atom. The summed E-state index contributed by atoms with van der Waals surface area (Å²) in [6, 6.07) is 0. The van der Waals surface area contributed by atoms with Gasteiger partial charge in [-0.3, -0.25) is 4.79 Å². The molecule has 0 aromatic heterocycles. The number of nitrogens with two attached hydrogens (primary N) is 1. The average Bonchev–Trinajstić information content (AvgIpc) is 1.99. The van der Waals surface area contributed by atoms with Gasteiger partial charge >= 0.3 is 5.97 Å². The Labute approximate surface area is 96.1 Å². The fourth-order valence-corrected chi connectivity index (χ4v) is 2.93. The summed E-state index contributed by atoms with van der Waals surface area (Å²) in [7, 11) is 0. The van der Waals surface area contributed by atoms with Crippen LogP contribution in [0.3, 0.4) is 0 Å². The Morgan fingerprint density at radius 1 is 1.40 bits per heavy atom. The van der Waals surface area contributed by atoms with Gasteiger partial charge in [0.15, 0.2) is 0 Å². The van der Waals surface area contributed by atoms with E-state index >= 15 is 0 Å². The third-order valence-corrected chi connectivity index (χ3v) is 3.39. The zero-order valence-electron chi connectivity index (χ0n) is 9.84. The fraction of sp³-hybridized carbons (Fsp3) is 0.909. The van der Waals surface area contributed by atoms with Crippen LogP contribution in [0.2, 0.25) is 0 Å². The SMILES string of the molecule is CC(C)(C)OC(=O)CC1(N)CCSCC1. The Kier molecular flexibility index (Phi) is 4.06. The Balaban J connectivity index is 2.42. The first-order valence-electron chi connectivity index (χ1n) is 5.39. The largest absolute Gasteiger partial charge is 0.460 e. The molecular weight excluding hydrogens is 210 g/mol. The Morgan fingerprint density at radius 3 is 2.40 bits per heavy atom. The van der Waals surface area contributed by atoms with E-state index in [1.165, 1.54) is 0 Å². The third-order valence-electron chi connectivity index (χ3n) is 2.41. The number of hydrogen-bond acceptors (Lipinski definition) is 4. The molecule has 0 radical (unpaired) electrons. The highest BCUT2D eigenvalue weighted by Crippen LogP contribution is 2.28. The lowest BCUT2D eigenvalue weighted by Gasteiger charge is -2.33. The van der Waals surface area contributed by atoms with Gasteiger partial charge in [-0.15, -0.1) is 0 Å². The lowest BCUT2D eigenvalue weighted by molar-refractivity contribution is -0.156. The summed E-state index contributed by atoms with van der Waals surface area (Å²) in [5.74, 6) is 1.94. The van der Waals surface area contributed by atoms with Crippen molar-refractivity contribution in [3.05, 3.63) is 0 Å². The van der Waals surface area contributed by atoms with Crippen LogP contribution in [0.25, 0.3) is 0 Å². The van der Waals surface area contributed by atoms with E-state index in [2.05, 4.69) is 0 Å². The molecule has 0 aromatic carbocycles. The van der Waals surface area contributed by atoms with Crippen LogP contribution in [-0.2, 0) is 9.53 Å². The smallest absolute Gasteiger partial charge is 0.308 e. The molecule has 1 fully saturated rings. The van der Waals surface area contributed by atoms with E-state index in [-0.39, 0.29) is 11.5 Å². The van der Waals surface area contributed by atoms with Gasteiger partial charge in [-0.1, -0.05) is 0 Å². The molecule has 0 bridgehead atoms. The first-order valence-corrected chi connectivity index (χ1v) is 6.55. The molecule has 4 heteroatoms. The molecule has 2 N–H and O–H groups in total. The molecule has 0 amide bonds. The minimum Gasteiger partial charge on any atom is -0.460 e. The predicted molar refractivity (Wildman–Crippen MR) is 63.9 cm³/mol. The second-order valence-corrected chi connectivity index (χ2v) is 6.46. The number of thioether (sulfide) groups is 1. The van der Waals surface area contributed by atoms with Crippen molar-refractivity contribution in [1.82, 2.24) is 0 Å². The quantitative estimate of drug-likeness (QED) is 0.738. The number of ether oxygens (including phenoxy) is 1. The summed E-state index contributed by atoms with van der Waals surface area (Å²) >= 11 is 1.91. The van der Waals surface area contributed by atoms with Crippen molar-refractivity contribution >= 4 is 17.7 Å². The van der Waals surface area contributed by atoms with E-state index < -0.39 is 5.60 Å². The zero-order valence-corrected chi connectivity index (χ0v) is 10.7. The normalized spacial score (nSPS) is 21.1. The van der Waals surface area contributed by atoms with E-state index in [1.54, 1.807) is 0 Å². The molecular formula is C11H21NO2S. The van der Waals surface area contributed by atoms with E-state index in [9.17, 15) is 4.79 Å². The summed E-state index contributed by atoms with van der Waals surface area (Å²) in [5.41, 5.74) is 5.43. The minimum absolute atomic E-state index is 0.170. The number of rotatable bonds is 2. The molecule has 15 heavy (non-hydrogen) atoms. The highest BCUT2D eigenvalue weighted by molar-refractivity contribution is 7.99. The van der Waals surface area contributed by atoms with E-state index in [0.717, 1.165) is 24.3 Å². The lowest BCUT2D eigenvalue weighted by atomic mass is 9.90. The number of esters is 1. The summed E-state index contributed by atoms with van der Waals surface area (Å²) in [5, 5.41) is 0. The van der Waals surface area contributed by atoms with Crippen molar-refractivity contribution in [1.29, 1.82) is 0 Å². The standard InChI is InChI=1S/C11H21NO2S/c1-10(2,3)14-9(13)8-11(12)4-6-15-7-5-11/h4-8,12H2,1-3H3. The monoisotopic (exact) mass is 231 g/mol. The maximum absolute atomic E-state index is 11.6. The highest BCUT2D eigenvalue weighted by Gasteiger charge is 2.32. The van der Waals surface area contributed by atoms with Crippen molar-refractivity contribution in [3.63, 3.8) is 0 Å². The van der Waals surface area contributed by atoms with E-state index in [4.69, 9.17) is 10.5 Å². The van der Waals surface area contributed by atoms with Crippen molar-refractivity contribution in [2.45, 2.75) is 51.2 Å². The fourth-order valence-electron chi connectivity index (χ4n) is 1.62. The average molecular weight is 231 g/mol. The number of hydrogen-bond donors (Lipinski definition) is 1. The first-order chi connectivity index (χ1) is 6.81. The molecule has 1 heterocycles. The van der Waals surface area contributed by atoms with Gasteiger partial charge in [0.25, 0.3) is 0 Å². The van der Waals surface area contributed by atoms with Crippen molar-refractivity contribution < 1.29 is 9.53 Å². The number of carbonyl (C=O) groups is 1. The number of carbonyl (C=O) groups excluding carboxylic acids is 1. The lowest BCUT2D eigenvalue weighted by Crippen LogP contribution is -2.46. The summed E-state index contributed by atoms with van der Waals surface area (Å²) in [6.45, 7) is 5.64. The molecule has 1 rings (SSSR count). The Hall–Kier alpha value is -0.220. The Bertz CT molecular complexity index is 229. The van der Waals surface area contributed by atoms with Crippen LogP contribution in [0.1, 0.15) is 40.0 Å². The molecule has 0 saturated carbocycles. The maximum Gasteiger partial charge on any atom is 0.308 e. The zero-order chi connectivity index (χ0) is 11.5. The van der Waals surface area contributed by atoms with Crippen LogP contribution < -0.4 is 5.73 Å². The molecule has 1 aliphatic rings. The molecule has 1 aliphatic heterocycles. The van der Waals surface area contributed by atoms with Crippen LogP contribution in [0.4, 0.5) is 0 Å². The highest BCUT2D eigenvalue weighted by atomic mass is 32.2. The van der Waals surface area contributed by atoms with Crippen LogP contribution in [0.15, 0.2) is 0 Å². The second kappa shape index (κ2) is 4.74. The van der Waals surface area contributed by atoms with Crippen LogP contribution in [0.5, 0.6) is 0 Å². The minimum atomic E-state index is -0.406. The molecule has 3 nitrogen and oxygen atoms in total. The summed E-state index contributed by atoms with van der Waals surface area (Å²) < 4.78 is 5.28. The summed E-state index contributed by atoms with van der Waals surface area (Å²) in [4.78, 5) is 11.6. The molecule has 1 saturated heterocycles. The van der Waals surface area contributed by atoms with Crippen molar-refractivity contribution in [2.24, 2.45) is 5.73 Å². The van der Waals surface area contributed by atoms with Crippen molar-refractivity contribution in [2.75, 3.05) is 11.5 Å². The predicted octanol–water partition coefficient (Wildman–Crippen LogP) is 1.94. The van der Waals surface area contributed by atoms with Gasteiger partial charge in [0, 0.05) is 5.54 Å². The molecule has 88 valence electrons. The molecule has 0 spiro atoms. The van der Waals surface area contributed by atoms with Gasteiger partial charge in [0.2, 0.25) is 0 Å². The van der Waals surface area contributed by atoms with E-state index in [0.29, 0.717) is 6.42 Å². The van der Waals surface area contributed by atoms with Crippen LogP contribution >= 0.6 is 11.8 Å². The van der Waals surface area contributed by atoms with E-state index in [1.807, 2.05) is 32.5 Å². The molecule has 0 aliphatic carbocycles. The van der Waals surface area contributed by atoms with Gasteiger partial charge in [0.1, 0.15) is 5.60 Å². The van der Waals surface area contributed by atoms with Gasteiger partial charge < -0.3 is 10.5 Å². The van der Waals surface area contributed by atoms with Gasteiger partial charge in [-0.25, -0.2) is 0 Å². The summed E-state index contributed by atoms with van der Waals surface area (Å²) in [6.07, 6.45) is 2.18.